The molecule has 6 heteroatoms. The van der Waals surface area contributed by atoms with E-state index in [1.807, 2.05) is 0 Å². The van der Waals surface area contributed by atoms with Crippen molar-refractivity contribution in [3.8, 4) is 0 Å². The van der Waals surface area contributed by atoms with E-state index in [2.05, 4.69) is 4.74 Å². The first-order chi connectivity index (χ1) is 8.99. The average Bonchev–Trinajstić information content (AvgIpc) is 2.34. The minimum atomic E-state index is -3.10. The maximum atomic E-state index is 13.5. The fourth-order valence-electron chi connectivity index (χ4n) is 1.27. The topological polar surface area (TPSA) is 35.5 Å². The van der Waals surface area contributed by atoms with Crippen molar-refractivity contribution < 1.29 is 23.0 Å². The van der Waals surface area contributed by atoms with Gasteiger partial charge in [0.1, 0.15) is 0 Å². The number of esters is 1. The van der Waals surface area contributed by atoms with Crippen molar-refractivity contribution in [3.05, 3.63) is 30.3 Å². The summed E-state index contributed by atoms with van der Waals surface area (Å²) in [6, 6.07) is 8.57. The molecule has 0 aliphatic carbocycles. The summed E-state index contributed by atoms with van der Waals surface area (Å²) in [5.41, 5.74) is 0. The molecular formula is C13H16F2O3Se. The summed E-state index contributed by atoms with van der Waals surface area (Å²) in [6.45, 7) is 1.52. The minimum absolute atomic E-state index is 0.0388. The quantitative estimate of drug-likeness (QED) is 0.413. The van der Waals surface area contributed by atoms with Crippen molar-refractivity contribution in [3.63, 3.8) is 0 Å². The maximum absolute atomic E-state index is 13.5. The van der Waals surface area contributed by atoms with E-state index in [0.717, 1.165) is 0 Å². The third-order valence-corrected chi connectivity index (χ3v) is 3.91. The van der Waals surface area contributed by atoms with Gasteiger partial charge in [0.15, 0.2) is 0 Å². The van der Waals surface area contributed by atoms with Crippen LogP contribution in [0.3, 0.4) is 0 Å². The van der Waals surface area contributed by atoms with E-state index < -0.39 is 20.0 Å². The number of benzene rings is 1. The van der Waals surface area contributed by atoms with E-state index in [9.17, 15) is 13.6 Å². The van der Waals surface area contributed by atoms with Gasteiger partial charge in [0.05, 0.1) is 0 Å². The Morgan fingerprint density at radius 3 is 2.47 bits per heavy atom. The number of hydrogen-bond acceptors (Lipinski definition) is 3. The Balaban J connectivity index is 2.18. The monoisotopic (exact) mass is 338 g/mol. The first kappa shape index (κ1) is 16.1. The number of ether oxygens (including phenoxy) is 2. The Morgan fingerprint density at radius 2 is 1.84 bits per heavy atom. The van der Waals surface area contributed by atoms with Gasteiger partial charge < -0.3 is 0 Å². The SMILES string of the molecule is CC(=O)OCCCCOC(F)(F)[Se]c1ccccc1. The van der Waals surface area contributed by atoms with Crippen LogP contribution in [0.5, 0.6) is 0 Å². The van der Waals surface area contributed by atoms with Crippen molar-refractivity contribution in [1.82, 2.24) is 0 Å². The van der Waals surface area contributed by atoms with Crippen LogP contribution in [0.2, 0.25) is 0 Å². The van der Waals surface area contributed by atoms with Gasteiger partial charge in [0, 0.05) is 0 Å². The molecule has 0 fully saturated rings. The summed E-state index contributed by atoms with van der Waals surface area (Å²) in [7, 11) is 0. The molecule has 0 bridgehead atoms. The standard InChI is InChI=1S/C13H16F2O3Se/c1-11(16)17-9-5-6-10-18-13(14,15)19-12-7-3-2-4-8-12/h2-4,7-8H,5-6,9-10H2,1H3. The van der Waals surface area contributed by atoms with Gasteiger partial charge in [-0.2, -0.15) is 0 Å². The third kappa shape index (κ3) is 7.93. The van der Waals surface area contributed by atoms with Gasteiger partial charge in [-0.05, 0) is 0 Å². The summed E-state index contributed by atoms with van der Waals surface area (Å²) in [5.74, 6) is -0.362. The molecule has 0 amide bonds. The molecule has 3 nitrogen and oxygen atoms in total. The summed E-state index contributed by atoms with van der Waals surface area (Å²) in [6.07, 6.45) is 0.960. The molecule has 106 valence electrons. The molecule has 1 rings (SSSR count). The third-order valence-electron chi connectivity index (χ3n) is 2.09. The van der Waals surface area contributed by atoms with Crippen LogP contribution in [0.4, 0.5) is 8.78 Å². The molecular weight excluding hydrogens is 321 g/mol. The first-order valence-corrected chi connectivity index (χ1v) is 7.60. The molecule has 0 atom stereocenters. The van der Waals surface area contributed by atoms with Crippen molar-refractivity contribution in [2.75, 3.05) is 13.2 Å². The second kappa shape index (κ2) is 8.25. The van der Waals surface area contributed by atoms with Crippen LogP contribution in [0.15, 0.2) is 30.3 Å². The molecule has 0 aromatic heterocycles. The van der Waals surface area contributed by atoms with E-state index in [0.29, 0.717) is 17.3 Å². The Bertz CT molecular complexity index is 385. The average molecular weight is 337 g/mol. The number of hydrogen-bond donors (Lipinski definition) is 0. The van der Waals surface area contributed by atoms with Crippen LogP contribution in [0, 0.1) is 0 Å². The summed E-state index contributed by atoms with van der Waals surface area (Å²) < 4.78 is 36.8. The Labute approximate surface area is 117 Å². The van der Waals surface area contributed by atoms with E-state index in [1.165, 1.54) is 6.92 Å². The molecule has 19 heavy (non-hydrogen) atoms. The molecule has 0 spiro atoms. The van der Waals surface area contributed by atoms with Crippen molar-refractivity contribution in [1.29, 1.82) is 0 Å². The van der Waals surface area contributed by atoms with Crippen LogP contribution in [0.1, 0.15) is 19.8 Å². The summed E-state index contributed by atoms with van der Waals surface area (Å²) in [4.78, 5) is 10.5. The van der Waals surface area contributed by atoms with Gasteiger partial charge in [-0.15, -0.1) is 0 Å². The van der Waals surface area contributed by atoms with Crippen molar-refractivity contribution >= 4 is 25.4 Å². The Morgan fingerprint density at radius 1 is 1.21 bits per heavy atom. The number of halogens is 2. The van der Waals surface area contributed by atoms with Crippen LogP contribution in [0.25, 0.3) is 0 Å². The predicted octanol–water partition coefficient (Wildman–Crippen LogP) is 1.93. The van der Waals surface area contributed by atoms with Gasteiger partial charge in [-0.1, -0.05) is 0 Å². The van der Waals surface area contributed by atoms with E-state index >= 15 is 0 Å². The normalized spacial score (nSPS) is 11.3. The fraction of sp³-hybridized carbons (Fsp3) is 0.462. The van der Waals surface area contributed by atoms with Crippen molar-refractivity contribution in [2.24, 2.45) is 0 Å². The summed E-state index contributed by atoms with van der Waals surface area (Å²) >= 11 is -1.04. The van der Waals surface area contributed by atoms with Crippen molar-refractivity contribution in [2.45, 2.75) is 24.8 Å². The molecule has 0 radical (unpaired) electrons. The molecule has 1 aromatic rings. The molecule has 0 saturated heterocycles. The molecule has 0 heterocycles. The van der Waals surface area contributed by atoms with Gasteiger partial charge in [0.25, 0.3) is 0 Å². The van der Waals surface area contributed by atoms with Crippen LogP contribution < -0.4 is 4.46 Å². The number of unbranched alkanes of at least 4 members (excludes halogenated alkanes) is 1. The summed E-state index contributed by atoms with van der Waals surface area (Å²) in [5, 5.41) is -3.10. The molecule has 0 aliphatic rings. The second-order valence-electron chi connectivity index (χ2n) is 3.77. The number of carbonyl (C=O) groups is 1. The van der Waals surface area contributed by atoms with Crippen LogP contribution >= 0.6 is 0 Å². The fourth-order valence-corrected chi connectivity index (χ4v) is 2.76. The zero-order valence-corrected chi connectivity index (χ0v) is 12.3. The van der Waals surface area contributed by atoms with E-state index in [-0.39, 0.29) is 19.2 Å². The van der Waals surface area contributed by atoms with E-state index in [4.69, 9.17) is 4.74 Å². The Kier molecular flexibility index (Phi) is 6.98. The number of rotatable bonds is 8. The molecule has 0 saturated carbocycles. The van der Waals surface area contributed by atoms with Gasteiger partial charge in [-0.25, -0.2) is 0 Å². The first-order valence-electron chi connectivity index (χ1n) is 5.89. The molecule has 0 N–H and O–H groups in total. The number of alkyl halides is 2. The molecule has 0 aliphatic heterocycles. The number of carbonyl (C=O) groups excluding carboxylic acids is 1. The molecule has 0 unspecified atom stereocenters. The Hall–Kier alpha value is -0.971. The van der Waals surface area contributed by atoms with Gasteiger partial charge in [0.2, 0.25) is 0 Å². The van der Waals surface area contributed by atoms with E-state index in [1.54, 1.807) is 30.3 Å². The van der Waals surface area contributed by atoms with Gasteiger partial charge in [-0.3, -0.25) is 0 Å². The zero-order valence-electron chi connectivity index (χ0n) is 10.6. The predicted molar refractivity (Wildman–Crippen MR) is 68.6 cm³/mol. The van der Waals surface area contributed by atoms with Crippen LogP contribution in [-0.2, 0) is 14.3 Å². The zero-order chi connectivity index (χ0) is 14.1. The van der Waals surface area contributed by atoms with Gasteiger partial charge >= 0.3 is 117 Å². The second-order valence-corrected chi connectivity index (χ2v) is 6.19. The molecule has 1 aromatic carbocycles. The van der Waals surface area contributed by atoms with Crippen LogP contribution in [-0.4, -0.2) is 39.1 Å².